The Balaban J connectivity index is 1.56. The zero-order valence-corrected chi connectivity index (χ0v) is 21.4. The van der Waals surface area contributed by atoms with Gasteiger partial charge in [-0.05, 0) is 81.9 Å². The second-order valence-corrected chi connectivity index (χ2v) is 10.7. The Hall–Kier alpha value is -2.94. The number of nitrogens with one attached hydrogen (secondary N) is 1. The van der Waals surface area contributed by atoms with Crippen molar-refractivity contribution < 1.29 is 23.1 Å². The van der Waals surface area contributed by atoms with Gasteiger partial charge in [0.25, 0.3) is 0 Å². The van der Waals surface area contributed by atoms with Crippen LogP contribution in [0.15, 0.2) is 78.9 Å². The van der Waals surface area contributed by atoms with E-state index < -0.39 is 17.7 Å². The Morgan fingerprint density at radius 2 is 1.57 bits per heavy atom. The largest absolute Gasteiger partial charge is 0.478 e. The Labute approximate surface area is 223 Å². The minimum atomic E-state index is -4.41. The predicted octanol–water partition coefficient (Wildman–Crippen LogP) is 7.31. The lowest BCUT2D eigenvalue weighted by Gasteiger charge is -2.39. The summed E-state index contributed by atoms with van der Waals surface area (Å²) in [6, 6.07) is 21.7. The molecule has 2 atom stereocenters. The molecule has 0 bridgehead atoms. The number of carboxylic acids is 1. The summed E-state index contributed by atoms with van der Waals surface area (Å²) in [5.41, 5.74) is 3.42. The summed E-state index contributed by atoms with van der Waals surface area (Å²) in [5.74, 6) is -1.05. The van der Waals surface area contributed by atoms with Crippen LogP contribution < -0.4 is 5.32 Å². The van der Waals surface area contributed by atoms with Gasteiger partial charge in [0.05, 0.1) is 15.9 Å². The molecule has 2 unspecified atom stereocenters. The van der Waals surface area contributed by atoms with Crippen LogP contribution in [-0.2, 0) is 10.9 Å². The van der Waals surface area contributed by atoms with Gasteiger partial charge in [-0.3, -0.25) is 0 Å². The molecule has 1 saturated heterocycles. The molecule has 0 aromatic heterocycles. The van der Waals surface area contributed by atoms with E-state index in [0.717, 1.165) is 53.7 Å². The summed E-state index contributed by atoms with van der Waals surface area (Å²) in [6.45, 7) is 1.62. The van der Waals surface area contributed by atoms with Crippen LogP contribution in [0.5, 0.6) is 0 Å². The maximum Gasteiger partial charge on any atom is 0.416 e. The number of piperidine rings is 1. The van der Waals surface area contributed by atoms with Crippen molar-refractivity contribution in [2.45, 2.75) is 22.6 Å². The predicted molar refractivity (Wildman–Crippen MR) is 148 cm³/mol. The zero-order chi connectivity index (χ0) is 26.4. The van der Waals surface area contributed by atoms with Gasteiger partial charge in [0, 0.05) is 11.8 Å². The highest BCUT2D eigenvalue weighted by Crippen LogP contribution is 2.41. The lowest BCUT2D eigenvalue weighted by molar-refractivity contribution is -0.137. The van der Waals surface area contributed by atoms with E-state index in [4.69, 9.17) is 25.3 Å². The first-order chi connectivity index (χ1) is 17.6. The van der Waals surface area contributed by atoms with Crippen LogP contribution in [0.3, 0.4) is 0 Å². The number of hydrogen-bond donors (Lipinski definition) is 4. The van der Waals surface area contributed by atoms with Crippen LogP contribution in [0.4, 0.5) is 13.2 Å². The normalized spacial score (nSPS) is 20.2. The van der Waals surface area contributed by atoms with E-state index in [0.29, 0.717) is 16.5 Å². The van der Waals surface area contributed by atoms with Gasteiger partial charge < -0.3 is 10.4 Å². The van der Waals surface area contributed by atoms with Gasteiger partial charge in [-0.15, -0.1) is 0 Å². The van der Waals surface area contributed by atoms with Crippen molar-refractivity contribution in [3.05, 3.63) is 95.6 Å². The topological polar surface area (TPSA) is 49.3 Å². The van der Waals surface area contributed by atoms with Gasteiger partial charge in [0.2, 0.25) is 0 Å². The lowest BCUT2D eigenvalue weighted by atomic mass is 9.86. The number of carbonyl (C=O) groups is 1. The smallest absolute Gasteiger partial charge is 0.416 e. The molecular formula is C29H24F3NO2S2. The van der Waals surface area contributed by atoms with Crippen LogP contribution >= 0.6 is 25.3 Å². The van der Waals surface area contributed by atoms with Crippen molar-refractivity contribution >= 4 is 42.0 Å². The monoisotopic (exact) mass is 539 g/mol. The van der Waals surface area contributed by atoms with Crippen molar-refractivity contribution in [2.75, 3.05) is 13.1 Å². The second-order valence-electron chi connectivity index (χ2n) is 9.31. The maximum atomic E-state index is 13.0. The van der Waals surface area contributed by atoms with Gasteiger partial charge in [-0.2, -0.15) is 38.4 Å². The number of aromatic carboxylic acids is 1. The first-order valence-corrected chi connectivity index (χ1v) is 12.7. The van der Waals surface area contributed by atoms with E-state index in [1.807, 2.05) is 42.5 Å². The summed E-state index contributed by atoms with van der Waals surface area (Å²) in [7, 11) is 0. The average Bonchev–Trinajstić information content (AvgIpc) is 2.89. The third kappa shape index (κ3) is 4.98. The number of rotatable bonds is 4. The molecule has 8 heteroatoms. The standard InChI is InChI=1S/C29H24F3NO2S2/c30-29(31,32)23-8-1-17(2-9-23)19-5-10-24-20(13-19)14-21(27(34)35)15-25(24)18-3-6-22(7-4-18)28(37)11-12-33-16-26(28)36/h1-10,13-15,26,33,36-37H,11-12,16H2,(H,34,35). The number of halogens is 3. The minimum Gasteiger partial charge on any atom is -0.478 e. The number of carboxylic acid groups (broad SMARTS) is 1. The molecule has 1 aliphatic rings. The lowest BCUT2D eigenvalue weighted by Crippen LogP contribution is -2.45. The van der Waals surface area contributed by atoms with Crippen molar-refractivity contribution in [2.24, 2.45) is 0 Å². The molecule has 1 heterocycles. The molecule has 0 amide bonds. The third-order valence-electron chi connectivity index (χ3n) is 7.01. The highest BCUT2D eigenvalue weighted by atomic mass is 32.1. The summed E-state index contributed by atoms with van der Waals surface area (Å²) in [6.07, 6.45) is -3.56. The molecule has 3 nitrogen and oxygen atoms in total. The number of hydrogen-bond acceptors (Lipinski definition) is 4. The Bertz CT molecular complexity index is 1470. The summed E-state index contributed by atoms with van der Waals surface area (Å²) in [4.78, 5) is 11.9. The highest BCUT2D eigenvalue weighted by molar-refractivity contribution is 7.85. The molecule has 0 spiro atoms. The van der Waals surface area contributed by atoms with E-state index in [2.05, 4.69) is 5.32 Å². The van der Waals surface area contributed by atoms with Crippen molar-refractivity contribution in [3.63, 3.8) is 0 Å². The van der Waals surface area contributed by atoms with Gasteiger partial charge >= 0.3 is 12.1 Å². The van der Waals surface area contributed by atoms with Crippen molar-refractivity contribution in [1.82, 2.24) is 5.32 Å². The van der Waals surface area contributed by atoms with E-state index in [1.54, 1.807) is 12.1 Å². The molecule has 0 aliphatic carbocycles. The van der Waals surface area contributed by atoms with E-state index in [-0.39, 0.29) is 15.6 Å². The molecule has 2 N–H and O–H groups in total. The molecule has 4 aromatic rings. The molecule has 1 fully saturated rings. The molecule has 5 rings (SSSR count). The van der Waals surface area contributed by atoms with Crippen molar-refractivity contribution in [1.29, 1.82) is 0 Å². The first kappa shape index (κ1) is 25.7. The minimum absolute atomic E-state index is 0.0511. The summed E-state index contributed by atoms with van der Waals surface area (Å²) in [5, 5.41) is 14.7. The number of benzene rings is 4. The molecule has 0 saturated carbocycles. The maximum absolute atomic E-state index is 13.0. The van der Waals surface area contributed by atoms with E-state index in [1.165, 1.54) is 12.1 Å². The van der Waals surface area contributed by atoms with Crippen LogP contribution in [0, 0.1) is 0 Å². The fraction of sp³-hybridized carbons (Fsp3) is 0.207. The molecule has 190 valence electrons. The van der Waals surface area contributed by atoms with E-state index >= 15 is 0 Å². The fourth-order valence-electron chi connectivity index (χ4n) is 4.89. The summed E-state index contributed by atoms with van der Waals surface area (Å²) >= 11 is 9.70. The first-order valence-electron chi connectivity index (χ1n) is 11.8. The number of thiol groups is 2. The molecule has 1 aliphatic heterocycles. The van der Waals surface area contributed by atoms with Crippen molar-refractivity contribution in [3.8, 4) is 22.3 Å². The van der Waals surface area contributed by atoms with Crippen LogP contribution in [0.1, 0.15) is 27.9 Å². The number of alkyl halides is 3. The molecular weight excluding hydrogens is 515 g/mol. The Morgan fingerprint density at radius 3 is 2.19 bits per heavy atom. The molecule has 37 heavy (non-hydrogen) atoms. The molecule has 4 aromatic carbocycles. The molecule has 0 radical (unpaired) electrons. The van der Waals surface area contributed by atoms with Crippen LogP contribution in [0.25, 0.3) is 33.0 Å². The van der Waals surface area contributed by atoms with Gasteiger partial charge in [0.15, 0.2) is 0 Å². The van der Waals surface area contributed by atoms with Gasteiger partial charge in [0.1, 0.15) is 0 Å². The average molecular weight is 540 g/mol. The van der Waals surface area contributed by atoms with Gasteiger partial charge in [-0.25, -0.2) is 4.79 Å². The third-order valence-corrected chi connectivity index (χ3v) is 8.63. The fourth-order valence-corrected chi connectivity index (χ4v) is 5.65. The van der Waals surface area contributed by atoms with Crippen LogP contribution in [-0.4, -0.2) is 29.4 Å². The Kier molecular flexibility index (Phi) is 6.77. The highest BCUT2D eigenvalue weighted by Gasteiger charge is 2.37. The summed E-state index contributed by atoms with van der Waals surface area (Å²) < 4.78 is 38.5. The second kappa shape index (κ2) is 9.74. The quantitative estimate of drug-likeness (QED) is 0.206. The zero-order valence-electron chi connectivity index (χ0n) is 19.6. The van der Waals surface area contributed by atoms with E-state index in [9.17, 15) is 23.1 Å². The van der Waals surface area contributed by atoms with Gasteiger partial charge in [-0.1, -0.05) is 48.5 Å². The Morgan fingerprint density at radius 1 is 0.919 bits per heavy atom. The number of fused-ring (bicyclic) bond motifs is 1. The SMILES string of the molecule is O=C(O)c1cc(-c2ccc(C3(S)CCNCC3S)cc2)c2ccc(-c3ccc(C(F)(F)F)cc3)cc2c1. The van der Waals surface area contributed by atoms with Crippen LogP contribution in [0.2, 0.25) is 0 Å².